The van der Waals surface area contributed by atoms with Gasteiger partial charge in [0.15, 0.2) is 0 Å². The summed E-state index contributed by atoms with van der Waals surface area (Å²) in [4.78, 5) is 12.4. The summed E-state index contributed by atoms with van der Waals surface area (Å²) in [6, 6.07) is 10.4. The zero-order valence-electron chi connectivity index (χ0n) is 12.9. The van der Waals surface area contributed by atoms with Crippen LogP contribution in [0.25, 0.3) is 0 Å². The van der Waals surface area contributed by atoms with E-state index in [0.29, 0.717) is 0 Å². The summed E-state index contributed by atoms with van der Waals surface area (Å²) in [6.45, 7) is 5.99. The lowest BCUT2D eigenvalue weighted by molar-refractivity contribution is -0.170. The molecule has 1 aliphatic carbocycles. The van der Waals surface area contributed by atoms with Crippen molar-refractivity contribution in [2.45, 2.75) is 64.9 Å². The standard InChI is InChI=1S/C18H26O2/c1-4-17(2,3)16(19)20-18(12-8-9-13-18)14-15-10-6-5-7-11-15/h5-7,10-11H,4,8-9,12-14H2,1-3H3. The van der Waals surface area contributed by atoms with Crippen molar-refractivity contribution in [3.8, 4) is 0 Å². The third-order valence-corrected chi connectivity index (χ3v) is 4.63. The number of ether oxygens (including phenoxy) is 1. The molecule has 2 heteroatoms. The molecule has 0 heterocycles. The van der Waals surface area contributed by atoms with Crippen molar-refractivity contribution in [1.29, 1.82) is 0 Å². The number of hydrogen-bond donors (Lipinski definition) is 0. The van der Waals surface area contributed by atoms with Crippen molar-refractivity contribution in [1.82, 2.24) is 0 Å². The van der Waals surface area contributed by atoms with Crippen molar-refractivity contribution in [2.75, 3.05) is 0 Å². The first kappa shape index (κ1) is 15.1. The first-order chi connectivity index (χ1) is 9.47. The van der Waals surface area contributed by atoms with Gasteiger partial charge < -0.3 is 4.74 Å². The molecule has 0 aliphatic heterocycles. The minimum absolute atomic E-state index is 0.0437. The van der Waals surface area contributed by atoms with Crippen LogP contribution in [-0.2, 0) is 16.0 Å². The lowest BCUT2D eigenvalue weighted by Crippen LogP contribution is -2.39. The lowest BCUT2D eigenvalue weighted by Gasteiger charge is -2.33. The van der Waals surface area contributed by atoms with E-state index in [-0.39, 0.29) is 17.0 Å². The predicted octanol–water partition coefficient (Wildman–Crippen LogP) is 4.52. The molecule has 110 valence electrons. The summed E-state index contributed by atoms with van der Waals surface area (Å²) in [7, 11) is 0. The summed E-state index contributed by atoms with van der Waals surface area (Å²) in [6.07, 6.45) is 5.97. The maximum Gasteiger partial charge on any atom is 0.312 e. The topological polar surface area (TPSA) is 26.3 Å². The molecule has 20 heavy (non-hydrogen) atoms. The second kappa shape index (κ2) is 5.99. The minimum Gasteiger partial charge on any atom is -0.458 e. The Kier molecular flexibility index (Phi) is 4.52. The van der Waals surface area contributed by atoms with Gasteiger partial charge in [0.25, 0.3) is 0 Å². The van der Waals surface area contributed by atoms with Crippen LogP contribution in [0.15, 0.2) is 30.3 Å². The zero-order chi connectivity index (χ0) is 14.6. The van der Waals surface area contributed by atoms with Gasteiger partial charge in [0.1, 0.15) is 5.60 Å². The Morgan fingerprint density at radius 3 is 2.35 bits per heavy atom. The Balaban J connectivity index is 2.12. The molecular weight excluding hydrogens is 248 g/mol. The second-order valence-electron chi connectivity index (χ2n) is 6.68. The largest absolute Gasteiger partial charge is 0.458 e. The van der Waals surface area contributed by atoms with Crippen LogP contribution in [0.1, 0.15) is 58.4 Å². The average Bonchev–Trinajstić information content (AvgIpc) is 2.88. The number of rotatable bonds is 5. The Morgan fingerprint density at radius 2 is 1.80 bits per heavy atom. The van der Waals surface area contributed by atoms with E-state index in [2.05, 4.69) is 24.3 Å². The van der Waals surface area contributed by atoms with E-state index in [1.54, 1.807) is 0 Å². The van der Waals surface area contributed by atoms with Gasteiger partial charge in [-0.3, -0.25) is 4.79 Å². The Hall–Kier alpha value is -1.31. The zero-order valence-corrected chi connectivity index (χ0v) is 12.9. The van der Waals surface area contributed by atoms with Gasteiger partial charge in [0.05, 0.1) is 5.41 Å². The molecule has 0 atom stereocenters. The fourth-order valence-corrected chi connectivity index (χ4v) is 2.78. The predicted molar refractivity (Wildman–Crippen MR) is 81.5 cm³/mol. The van der Waals surface area contributed by atoms with Crippen LogP contribution in [-0.4, -0.2) is 11.6 Å². The average molecular weight is 274 g/mol. The van der Waals surface area contributed by atoms with Gasteiger partial charge in [0.2, 0.25) is 0 Å². The molecule has 1 aliphatic rings. The number of esters is 1. The third kappa shape index (κ3) is 3.41. The molecule has 0 radical (unpaired) electrons. The van der Waals surface area contributed by atoms with E-state index in [0.717, 1.165) is 38.5 Å². The van der Waals surface area contributed by atoms with Gasteiger partial charge in [-0.25, -0.2) is 0 Å². The summed E-state index contributed by atoms with van der Waals surface area (Å²) in [5.74, 6) is -0.0437. The molecule has 0 bridgehead atoms. The van der Waals surface area contributed by atoms with Crippen LogP contribution < -0.4 is 0 Å². The molecule has 1 aromatic rings. The number of carbonyl (C=O) groups is 1. The maximum absolute atomic E-state index is 12.4. The van der Waals surface area contributed by atoms with Gasteiger partial charge in [-0.05, 0) is 51.5 Å². The smallest absolute Gasteiger partial charge is 0.312 e. The summed E-state index contributed by atoms with van der Waals surface area (Å²) < 4.78 is 6.02. The molecule has 0 amide bonds. The first-order valence-electron chi connectivity index (χ1n) is 7.75. The van der Waals surface area contributed by atoms with Crippen LogP contribution in [0.2, 0.25) is 0 Å². The monoisotopic (exact) mass is 274 g/mol. The van der Waals surface area contributed by atoms with Crippen LogP contribution in [0.3, 0.4) is 0 Å². The normalized spacial score (nSPS) is 17.9. The molecule has 2 nitrogen and oxygen atoms in total. The van der Waals surface area contributed by atoms with Crippen molar-refractivity contribution < 1.29 is 9.53 Å². The second-order valence-corrected chi connectivity index (χ2v) is 6.68. The van der Waals surface area contributed by atoms with E-state index >= 15 is 0 Å². The number of benzene rings is 1. The van der Waals surface area contributed by atoms with Crippen molar-refractivity contribution in [3.05, 3.63) is 35.9 Å². The molecule has 0 aromatic heterocycles. The highest BCUT2D eigenvalue weighted by Gasteiger charge is 2.41. The molecule has 1 saturated carbocycles. The van der Waals surface area contributed by atoms with E-state index in [9.17, 15) is 4.79 Å². The summed E-state index contributed by atoms with van der Waals surface area (Å²) >= 11 is 0. The molecule has 0 saturated heterocycles. The van der Waals surface area contributed by atoms with Crippen LogP contribution in [0.4, 0.5) is 0 Å². The Morgan fingerprint density at radius 1 is 1.20 bits per heavy atom. The molecular formula is C18H26O2. The fraction of sp³-hybridized carbons (Fsp3) is 0.611. The summed E-state index contributed by atoms with van der Waals surface area (Å²) in [5.41, 5.74) is 0.605. The molecule has 0 N–H and O–H groups in total. The molecule has 1 fully saturated rings. The van der Waals surface area contributed by atoms with E-state index in [4.69, 9.17) is 4.74 Å². The lowest BCUT2D eigenvalue weighted by atomic mass is 9.88. The van der Waals surface area contributed by atoms with Gasteiger partial charge in [-0.1, -0.05) is 37.3 Å². The van der Waals surface area contributed by atoms with Crippen molar-refractivity contribution >= 4 is 5.97 Å². The molecule has 2 rings (SSSR count). The Bertz CT molecular complexity index is 442. The molecule has 0 spiro atoms. The highest BCUT2D eigenvalue weighted by molar-refractivity contribution is 5.76. The fourth-order valence-electron chi connectivity index (χ4n) is 2.78. The van der Waals surface area contributed by atoms with Crippen LogP contribution in [0, 0.1) is 5.41 Å². The maximum atomic E-state index is 12.4. The molecule has 0 unspecified atom stereocenters. The van der Waals surface area contributed by atoms with Crippen LogP contribution >= 0.6 is 0 Å². The summed E-state index contributed by atoms with van der Waals surface area (Å²) in [5, 5.41) is 0. The minimum atomic E-state index is -0.383. The van der Waals surface area contributed by atoms with Gasteiger partial charge in [-0.2, -0.15) is 0 Å². The van der Waals surface area contributed by atoms with E-state index in [1.165, 1.54) is 5.56 Å². The Labute approximate surface area is 122 Å². The van der Waals surface area contributed by atoms with Crippen LogP contribution in [0.5, 0.6) is 0 Å². The number of hydrogen-bond acceptors (Lipinski definition) is 2. The third-order valence-electron chi connectivity index (χ3n) is 4.63. The van der Waals surface area contributed by atoms with Crippen molar-refractivity contribution in [2.24, 2.45) is 5.41 Å². The van der Waals surface area contributed by atoms with E-state index < -0.39 is 0 Å². The highest BCUT2D eigenvalue weighted by Crippen LogP contribution is 2.38. The van der Waals surface area contributed by atoms with Crippen molar-refractivity contribution in [3.63, 3.8) is 0 Å². The van der Waals surface area contributed by atoms with Gasteiger partial charge in [0, 0.05) is 6.42 Å². The van der Waals surface area contributed by atoms with Gasteiger partial charge in [-0.15, -0.1) is 0 Å². The van der Waals surface area contributed by atoms with E-state index in [1.807, 2.05) is 26.8 Å². The highest BCUT2D eigenvalue weighted by atomic mass is 16.6. The number of carbonyl (C=O) groups excluding carboxylic acids is 1. The SMILES string of the molecule is CCC(C)(C)C(=O)OC1(Cc2ccccc2)CCCC1. The van der Waals surface area contributed by atoms with Gasteiger partial charge >= 0.3 is 5.97 Å². The molecule has 1 aromatic carbocycles. The quantitative estimate of drug-likeness (QED) is 0.738. The first-order valence-corrected chi connectivity index (χ1v) is 7.75.